The Kier molecular flexibility index (Phi) is 4.30. The van der Waals surface area contributed by atoms with Gasteiger partial charge in [-0.05, 0) is 31.7 Å². The number of amides is 1. The average molecular weight is 317 g/mol. The van der Waals surface area contributed by atoms with Crippen LogP contribution in [0, 0.1) is 5.92 Å². The van der Waals surface area contributed by atoms with Crippen molar-refractivity contribution in [3.05, 3.63) is 17.8 Å². The number of aliphatic hydroxyl groups excluding tert-OH is 1. The molecule has 1 saturated carbocycles. The highest BCUT2D eigenvalue weighted by Crippen LogP contribution is 2.32. The molecule has 124 valence electrons. The van der Waals surface area contributed by atoms with Crippen molar-refractivity contribution >= 4 is 17.1 Å². The Morgan fingerprint density at radius 3 is 2.87 bits per heavy atom. The fraction of sp³-hybridized carbons (Fsp3) is 0.625. The van der Waals surface area contributed by atoms with Crippen LogP contribution in [0.3, 0.4) is 0 Å². The molecule has 0 radical (unpaired) electrons. The summed E-state index contributed by atoms with van der Waals surface area (Å²) in [4.78, 5) is 16.8. The highest BCUT2D eigenvalue weighted by atomic mass is 16.3. The molecule has 2 heterocycles. The lowest BCUT2D eigenvalue weighted by Crippen LogP contribution is -2.54. The Hall–Kier alpha value is -2.02. The number of aliphatic hydroxyl groups is 1. The normalized spacial score (nSPS) is 18.7. The summed E-state index contributed by atoms with van der Waals surface area (Å²) in [5.41, 5.74) is 1.06. The maximum atomic E-state index is 12.6. The summed E-state index contributed by atoms with van der Waals surface area (Å²) in [6.07, 6.45) is 7.16. The van der Waals surface area contributed by atoms with Gasteiger partial charge in [0.15, 0.2) is 5.65 Å². The van der Waals surface area contributed by atoms with Gasteiger partial charge in [0.25, 0.3) is 5.91 Å². The molecule has 2 aromatic heterocycles. The molecule has 0 bridgehead atoms. The second-order valence-corrected chi connectivity index (χ2v) is 6.64. The minimum atomic E-state index is -0.602. The molecule has 1 aliphatic carbocycles. The number of pyridine rings is 1. The van der Waals surface area contributed by atoms with Gasteiger partial charge >= 0.3 is 0 Å². The molecule has 23 heavy (non-hydrogen) atoms. The Balaban J connectivity index is 1.80. The molecule has 0 aromatic carbocycles. The van der Waals surface area contributed by atoms with Gasteiger partial charge in [-0.2, -0.15) is 0 Å². The van der Waals surface area contributed by atoms with Crippen molar-refractivity contribution in [1.29, 1.82) is 0 Å². The second kappa shape index (κ2) is 6.23. The van der Waals surface area contributed by atoms with Crippen molar-refractivity contribution in [3.63, 3.8) is 0 Å². The molecular formula is C16H23N5O2. The van der Waals surface area contributed by atoms with Gasteiger partial charge < -0.3 is 10.4 Å². The van der Waals surface area contributed by atoms with Crippen LogP contribution >= 0.6 is 0 Å². The van der Waals surface area contributed by atoms with Crippen molar-refractivity contribution in [2.45, 2.75) is 44.6 Å². The molecule has 7 heteroatoms. The van der Waals surface area contributed by atoms with E-state index in [-0.39, 0.29) is 12.5 Å². The Morgan fingerprint density at radius 1 is 1.43 bits per heavy atom. The van der Waals surface area contributed by atoms with Crippen LogP contribution in [-0.4, -0.2) is 43.1 Å². The van der Waals surface area contributed by atoms with Crippen LogP contribution in [0.5, 0.6) is 0 Å². The maximum absolute atomic E-state index is 12.6. The fourth-order valence-electron chi connectivity index (χ4n) is 3.39. The summed E-state index contributed by atoms with van der Waals surface area (Å²) in [5, 5.41) is 20.8. The predicted octanol–water partition coefficient (Wildman–Crippen LogP) is 1.42. The van der Waals surface area contributed by atoms with E-state index in [1.807, 2.05) is 6.92 Å². The van der Waals surface area contributed by atoms with Gasteiger partial charge in [0.1, 0.15) is 5.52 Å². The van der Waals surface area contributed by atoms with Crippen LogP contribution in [0.2, 0.25) is 0 Å². The zero-order valence-corrected chi connectivity index (χ0v) is 13.6. The Morgan fingerprint density at radius 2 is 2.17 bits per heavy atom. The zero-order chi connectivity index (χ0) is 16.4. The quantitative estimate of drug-likeness (QED) is 0.889. The van der Waals surface area contributed by atoms with Gasteiger partial charge in [-0.15, -0.1) is 5.10 Å². The number of carbonyl (C=O) groups excluding carboxylic acids is 1. The summed E-state index contributed by atoms with van der Waals surface area (Å²) < 4.78 is 1.57. The molecule has 0 spiro atoms. The number of aromatic nitrogens is 4. The van der Waals surface area contributed by atoms with E-state index in [0.717, 1.165) is 25.7 Å². The first-order valence-corrected chi connectivity index (χ1v) is 8.12. The summed E-state index contributed by atoms with van der Waals surface area (Å²) in [5.74, 6) is 0.0746. The third kappa shape index (κ3) is 3.06. The molecule has 3 rings (SSSR count). The molecule has 1 atom stereocenters. The lowest BCUT2D eigenvalue weighted by Gasteiger charge is -2.39. The number of hydrogen-bond acceptors (Lipinski definition) is 5. The van der Waals surface area contributed by atoms with E-state index in [1.165, 1.54) is 12.6 Å². The summed E-state index contributed by atoms with van der Waals surface area (Å²) in [6, 6.07) is 1.68. The highest BCUT2D eigenvalue weighted by molar-refractivity contribution is 5.96. The van der Waals surface area contributed by atoms with Crippen molar-refractivity contribution in [2.75, 3.05) is 6.61 Å². The van der Waals surface area contributed by atoms with Crippen LogP contribution < -0.4 is 5.32 Å². The van der Waals surface area contributed by atoms with Crippen LogP contribution in [0.1, 0.15) is 49.4 Å². The first kappa shape index (κ1) is 15.9. The van der Waals surface area contributed by atoms with E-state index in [0.29, 0.717) is 22.6 Å². The van der Waals surface area contributed by atoms with E-state index in [4.69, 9.17) is 0 Å². The highest BCUT2D eigenvalue weighted by Gasteiger charge is 2.36. The van der Waals surface area contributed by atoms with Crippen molar-refractivity contribution in [3.8, 4) is 0 Å². The van der Waals surface area contributed by atoms with Crippen molar-refractivity contribution < 1.29 is 9.90 Å². The van der Waals surface area contributed by atoms with E-state index in [1.54, 1.807) is 17.8 Å². The number of aryl methyl sites for hydroxylation is 1. The second-order valence-electron chi connectivity index (χ2n) is 6.64. The van der Waals surface area contributed by atoms with Crippen LogP contribution in [0.4, 0.5) is 0 Å². The topological polar surface area (TPSA) is 92.9 Å². The van der Waals surface area contributed by atoms with Gasteiger partial charge in [-0.1, -0.05) is 24.5 Å². The first-order valence-electron chi connectivity index (χ1n) is 8.12. The fourth-order valence-corrected chi connectivity index (χ4v) is 3.39. The minimum Gasteiger partial charge on any atom is -0.394 e. The molecule has 1 fully saturated rings. The maximum Gasteiger partial charge on any atom is 0.253 e. The Bertz CT molecular complexity index is 708. The molecule has 1 aliphatic rings. The largest absolute Gasteiger partial charge is 0.394 e. The average Bonchev–Trinajstić information content (AvgIpc) is 2.96. The van der Waals surface area contributed by atoms with Gasteiger partial charge in [0.05, 0.1) is 17.7 Å². The zero-order valence-electron chi connectivity index (χ0n) is 13.6. The molecule has 7 nitrogen and oxygen atoms in total. The molecule has 1 amide bonds. The van der Waals surface area contributed by atoms with E-state index < -0.39 is 5.54 Å². The van der Waals surface area contributed by atoms with Crippen molar-refractivity contribution in [1.82, 2.24) is 25.3 Å². The van der Waals surface area contributed by atoms with Gasteiger partial charge in [-0.3, -0.25) is 4.79 Å². The summed E-state index contributed by atoms with van der Waals surface area (Å²) >= 11 is 0. The number of carbonyl (C=O) groups is 1. The summed E-state index contributed by atoms with van der Waals surface area (Å²) in [7, 11) is 1.76. The van der Waals surface area contributed by atoms with Crippen LogP contribution in [0.25, 0.3) is 11.2 Å². The number of nitrogens with one attached hydrogen (secondary N) is 1. The van der Waals surface area contributed by atoms with E-state index in [2.05, 4.69) is 20.6 Å². The molecule has 2 aromatic rings. The third-order valence-electron chi connectivity index (χ3n) is 4.94. The number of rotatable bonds is 4. The van der Waals surface area contributed by atoms with E-state index in [9.17, 15) is 9.90 Å². The molecular weight excluding hydrogens is 294 g/mol. The standard InChI is InChI=1S/C16H23N5O2/c1-16(10-22,12-6-4-3-5-7-12)18-15(23)11-8-13-14(17-9-11)21(2)20-19-13/h8-9,12,22H,3-7,10H2,1-2H3,(H,18,23)/t16-/m0/s1. The number of hydrogen-bond donors (Lipinski definition) is 2. The van der Waals surface area contributed by atoms with Crippen molar-refractivity contribution in [2.24, 2.45) is 13.0 Å². The summed E-state index contributed by atoms with van der Waals surface area (Å²) in [6.45, 7) is 1.86. The van der Waals surface area contributed by atoms with E-state index >= 15 is 0 Å². The predicted molar refractivity (Wildman–Crippen MR) is 85.8 cm³/mol. The van der Waals surface area contributed by atoms with Gasteiger partial charge in [-0.25, -0.2) is 9.67 Å². The molecule has 2 N–H and O–H groups in total. The lowest BCUT2D eigenvalue weighted by molar-refractivity contribution is 0.0679. The lowest BCUT2D eigenvalue weighted by atomic mass is 9.76. The van der Waals surface area contributed by atoms with Gasteiger partial charge in [0.2, 0.25) is 0 Å². The molecule has 0 aliphatic heterocycles. The SMILES string of the molecule is Cn1nnc2cc(C(=O)N[C@@](C)(CO)C3CCCCC3)cnc21. The first-order chi connectivity index (χ1) is 11.0. The van der Waals surface area contributed by atoms with Gasteiger partial charge in [0, 0.05) is 13.2 Å². The monoisotopic (exact) mass is 317 g/mol. The smallest absolute Gasteiger partial charge is 0.253 e. The Labute approximate surface area is 135 Å². The molecule has 0 saturated heterocycles. The molecule has 0 unspecified atom stereocenters. The number of nitrogens with zero attached hydrogens (tertiary/aromatic N) is 4. The van der Waals surface area contributed by atoms with Crippen LogP contribution in [0.15, 0.2) is 12.3 Å². The third-order valence-corrected chi connectivity index (χ3v) is 4.94. The minimum absolute atomic E-state index is 0.0653. The van der Waals surface area contributed by atoms with Crippen LogP contribution in [-0.2, 0) is 7.05 Å². The number of fused-ring (bicyclic) bond motifs is 1.